The van der Waals surface area contributed by atoms with Crippen LogP contribution in [0, 0.1) is 6.92 Å². The van der Waals surface area contributed by atoms with Crippen molar-refractivity contribution in [3.63, 3.8) is 0 Å². The first-order chi connectivity index (χ1) is 8.54. The Morgan fingerprint density at radius 1 is 1.50 bits per heavy atom. The van der Waals surface area contributed by atoms with E-state index in [9.17, 15) is 4.79 Å². The van der Waals surface area contributed by atoms with E-state index in [4.69, 9.17) is 27.9 Å². The largest absolute Gasteiger partial charge is 0.383 e. The molecule has 1 atom stereocenters. The molecule has 0 fully saturated rings. The van der Waals surface area contributed by atoms with Gasteiger partial charge in [0.1, 0.15) is 0 Å². The molecule has 1 unspecified atom stereocenters. The normalized spacial score (nSPS) is 12.2. The lowest BCUT2D eigenvalue weighted by Gasteiger charge is -2.10. The van der Waals surface area contributed by atoms with Crippen molar-refractivity contribution < 1.29 is 9.53 Å². The average molecular weight is 290 g/mol. The zero-order valence-electron chi connectivity index (χ0n) is 10.5. The van der Waals surface area contributed by atoms with Crippen molar-refractivity contribution in [2.24, 2.45) is 0 Å². The topological polar surface area (TPSA) is 38.3 Å². The van der Waals surface area contributed by atoms with Crippen LogP contribution in [0.25, 0.3) is 0 Å². The number of nitrogens with one attached hydrogen (secondary N) is 1. The first-order valence-corrected chi connectivity index (χ1v) is 6.53. The van der Waals surface area contributed by atoms with Crippen molar-refractivity contribution in [1.82, 2.24) is 5.32 Å². The molecule has 3 nitrogen and oxygen atoms in total. The van der Waals surface area contributed by atoms with E-state index in [1.807, 2.05) is 13.0 Å². The van der Waals surface area contributed by atoms with Gasteiger partial charge in [-0.05, 0) is 31.0 Å². The molecule has 0 bridgehead atoms. The van der Waals surface area contributed by atoms with Gasteiger partial charge in [0, 0.05) is 24.2 Å². The van der Waals surface area contributed by atoms with Gasteiger partial charge in [0.05, 0.1) is 12.0 Å². The van der Waals surface area contributed by atoms with E-state index < -0.39 is 0 Å². The SMILES string of the molecule is COCC(Cl)CCNC(=O)c1cc(Cl)ccc1C. The molecule has 0 saturated heterocycles. The summed E-state index contributed by atoms with van der Waals surface area (Å²) in [7, 11) is 1.60. The molecule has 0 radical (unpaired) electrons. The number of alkyl halides is 1. The molecule has 1 aromatic rings. The summed E-state index contributed by atoms with van der Waals surface area (Å²) in [4.78, 5) is 11.9. The maximum atomic E-state index is 11.9. The van der Waals surface area contributed by atoms with Crippen LogP contribution < -0.4 is 5.32 Å². The molecule has 1 amide bonds. The van der Waals surface area contributed by atoms with Crippen LogP contribution in [0.1, 0.15) is 22.3 Å². The minimum absolute atomic E-state index is 0.0873. The molecule has 0 aliphatic rings. The maximum Gasteiger partial charge on any atom is 0.251 e. The van der Waals surface area contributed by atoms with Crippen LogP contribution in [0.5, 0.6) is 0 Å². The lowest BCUT2D eigenvalue weighted by molar-refractivity contribution is 0.0951. The number of amides is 1. The number of hydrogen-bond acceptors (Lipinski definition) is 2. The van der Waals surface area contributed by atoms with E-state index in [1.165, 1.54) is 0 Å². The van der Waals surface area contributed by atoms with Crippen LogP contribution in [0.3, 0.4) is 0 Å². The van der Waals surface area contributed by atoms with Crippen molar-refractivity contribution >= 4 is 29.1 Å². The van der Waals surface area contributed by atoms with E-state index in [0.29, 0.717) is 30.2 Å². The number of rotatable bonds is 6. The van der Waals surface area contributed by atoms with Gasteiger partial charge in [-0.25, -0.2) is 0 Å². The summed E-state index contributed by atoms with van der Waals surface area (Å²) in [5.41, 5.74) is 1.50. The van der Waals surface area contributed by atoms with Crippen molar-refractivity contribution in [3.05, 3.63) is 34.3 Å². The molecule has 0 heterocycles. The second-order valence-corrected chi connectivity index (χ2v) is 5.11. The van der Waals surface area contributed by atoms with E-state index in [-0.39, 0.29) is 11.3 Å². The van der Waals surface area contributed by atoms with Gasteiger partial charge in [-0.3, -0.25) is 4.79 Å². The van der Waals surface area contributed by atoms with Gasteiger partial charge >= 0.3 is 0 Å². The zero-order valence-corrected chi connectivity index (χ0v) is 12.0. The van der Waals surface area contributed by atoms with Gasteiger partial charge in [-0.2, -0.15) is 0 Å². The number of ether oxygens (including phenoxy) is 1. The lowest BCUT2D eigenvalue weighted by Crippen LogP contribution is -2.27. The Bertz CT molecular complexity index is 410. The van der Waals surface area contributed by atoms with Crippen LogP contribution in [0.4, 0.5) is 0 Å². The summed E-state index contributed by atoms with van der Waals surface area (Å²) in [5.74, 6) is -0.128. The third-order valence-corrected chi connectivity index (χ3v) is 3.11. The second-order valence-electron chi connectivity index (χ2n) is 4.06. The highest BCUT2D eigenvalue weighted by Gasteiger charge is 2.10. The molecule has 18 heavy (non-hydrogen) atoms. The maximum absolute atomic E-state index is 11.9. The first-order valence-electron chi connectivity index (χ1n) is 5.72. The molecule has 0 aliphatic carbocycles. The summed E-state index contributed by atoms with van der Waals surface area (Å²) < 4.78 is 4.92. The predicted molar refractivity (Wildman–Crippen MR) is 74.7 cm³/mol. The summed E-state index contributed by atoms with van der Waals surface area (Å²) in [6, 6.07) is 5.26. The highest BCUT2D eigenvalue weighted by molar-refractivity contribution is 6.31. The van der Waals surface area contributed by atoms with Gasteiger partial charge in [0.2, 0.25) is 0 Å². The van der Waals surface area contributed by atoms with Gasteiger partial charge in [-0.15, -0.1) is 11.6 Å². The number of benzene rings is 1. The van der Waals surface area contributed by atoms with Crippen molar-refractivity contribution in [2.75, 3.05) is 20.3 Å². The molecule has 0 aromatic heterocycles. The van der Waals surface area contributed by atoms with Crippen molar-refractivity contribution in [3.8, 4) is 0 Å². The van der Waals surface area contributed by atoms with Crippen LogP contribution in [-0.4, -0.2) is 31.5 Å². The summed E-state index contributed by atoms with van der Waals surface area (Å²) >= 11 is 11.8. The molecule has 1 N–H and O–H groups in total. The Morgan fingerprint density at radius 3 is 2.89 bits per heavy atom. The van der Waals surface area contributed by atoms with E-state index in [0.717, 1.165) is 5.56 Å². The van der Waals surface area contributed by atoms with E-state index in [1.54, 1.807) is 19.2 Å². The first kappa shape index (κ1) is 15.3. The Kier molecular flexibility index (Phi) is 6.47. The van der Waals surface area contributed by atoms with Crippen LogP contribution in [-0.2, 0) is 4.74 Å². The fraction of sp³-hybridized carbons (Fsp3) is 0.462. The van der Waals surface area contributed by atoms with Crippen molar-refractivity contribution in [2.45, 2.75) is 18.7 Å². The van der Waals surface area contributed by atoms with Crippen molar-refractivity contribution in [1.29, 1.82) is 0 Å². The smallest absolute Gasteiger partial charge is 0.251 e. The molecule has 0 spiro atoms. The number of methoxy groups -OCH3 is 1. The standard InChI is InChI=1S/C13H17Cl2NO2/c1-9-3-4-10(14)7-12(9)13(17)16-6-5-11(15)8-18-2/h3-4,7,11H,5-6,8H2,1-2H3,(H,16,17). The molecule has 0 aliphatic heterocycles. The van der Waals surface area contributed by atoms with Gasteiger partial charge in [0.25, 0.3) is 5.91 Å². The van der Waals surface area contributed by atoms with Gasteiger partial charge < -0.3 is 10.1 Å². The number of halogens is 2. The fourth-order valence-electron chi connectivity index (χ4n) is 1.54. The minimum Gasteiger partial charge on any atom is -0.383 e. The van der Waals surface area contributed by atoms with E-state index in [2.05, 4.69) is 5.32 Å². The quantitative estimate of drug-likeness (QED) is 0.818. The minimum atomic E-state index is -0.128. The molecule has 5 heteroatoms. The predicted octanol–water partition coefficient (Wildman–Crippen LogP) is 3.02. The molecule has 0 saturated carbocycles. The van der Waals surface area contributed by atoms with E-state index >= 15 is 0 Å². The van der Waals surface area contributed by atoms with Crippen LogP contribution in [0.15, 0.2) is 18.2 Å². The van der Waals surface area contributed by atoms with Gasteiger partial charge in [0.15, 0.2) is 0 Å². The Morgan fingerprint density at radius 2 is 2.22 bits per heavy atom. The number of aryl methyl sites for hydroxylation is 1. The molecule has 1 rings (SSSR count). The molecular weight excluding hydrogens is 273 g/mol. The highest BCUT2D eigenvalue weighted by Crippen LogP contribution is 2.15. The van der Waals surface area contributed by atoms with Crippen LogP contribution >= 0.6 is 23.2 Å². The third-order valence-electron chi connectivity index (χ3n) is 2.53. The average Bonchev–Trinajstić information content (AvgIpc) is 2.32. The Labute approximate surface area is 117 Å². The number of hydrogen-bond donors (Lipinski definition) is 1. The molecule has 1 aromatic carbocycles. The summed E-state index contributed by atoms with van der Waals surface area (Å²) in [6.07, 6.45) is 0.667. The lowest BCUT2D eigenvalue weighted by atomic mass is 10.1. The third kappa shape index (κ3) is 4.84. The zero-order chi connectivity index (χ0) is 13.5. The summed E-state index contributed by atoms with van der Waals surface area (Å²) in [6.45, 7) is 2.87. The Hall–Kier alpha value is -0.770. The highest BCUT2D eigenvalue weighted by atomic mass is 35.5. The van der Waals surface area contributed by atoms with Gasteiger partial charge in [-0.1, -0.05) is 17.7 Å². The molecular formula is C13H17Cl2NO2. The summed E-state index contributed by atoms with van der Waals surface area (Å²) in [5, 5.41) is 3.29. The number of carbonyl (C=O) groups excluding carboxylic acids is 1. The van der Waals surface area contributed by atoms with Crippen LogP contribution in [0.2, 0.25) is 5.02 Å². The fourth-order valence-corrected chi connectivity index (χ4v) is 1.95. The second kappa shape index (κ2) is 7.62. The Balaban J connectivity index is 2.48. The molecule has 100 valence electrons. The monoisotopic (exact) mass is 289 g/mol. The number of carbonyl (C=O) groups is 1.